The number of β-lactam (4-membered cyclic amide) rings is 1. The highest BCUT2D eigenvalue weighted by atomic mass is 79.9. The topological polar surface area (TPSA) is 92.8 Å². The van der Waals surface area contributed by atoms with Crippen LogP contribution >= 0.6 is 19.0 Å². The van der Waals surface area contributed by atoms with Gasteiger partial charge in [0.25, 0.3) is 5.91 Å². The first kappa shape index (κ1) is 35.0. The maximum atomic E-state index is 14.7. The van der Waals surface area contributed by atoms with E-state index in [0.717, 1.165) is 38.8 Å². The number of benzene rings is 5. The summed E-state index contributed by atoms with van der Waals surface area (Å²) >= 11 is 0.952. The van der Waals surface area contributed by atoms with Crippen molar-refractivity contribution >= 4 is 58.3 Å². The average molecular weight is 764 g/mol. The molecule has 2 heterocycles. The van der Waals surface area contributed by atoms with Crippen LogP contribution in [0.3, 0.4) is 0 Å². The summed E-state index contributed by atoms with van der Waals surface area (Å²) in [7, 11) is -2.67. The largest absolute Gasteiger partial charge is 1.00 e. The molecule has 0 spiro atoms. The lowest BCUT2D eigenvalue weighted by atomic mass is 10.0. The Morgan fingerprint density at radius 2 is 1.14 bits per heavy atom. The number of rotatable bonds is 11. The van der Waals surface area contributed by atoms with E-state index < -0.39 is 36.7 Å². The quantitative estimate of drug-likeness (QED) is 0.0961. The SMILES string of the molecule is O=CN[C@@H]1C(=O)N2C(C(=O)OC(c3ccccc3)c3ccccc3)=C(C[P+](c3ccccc3)(c3ccccc3)c3ccccc3)C(=O)S[C@H]12.[Br-]. The van der Waals surface area contributed by atoms with Crippen molar-refractivity contribution in [2.24, 2.45) is 0 Å². The van der Waals surface area contributed by atoms with E-state index in [2.05, 4.69) is 41.7 Å². The Kier molecular flexibility index (Phi) is 10.8. The molecule has 2 aliphatic heterocycles. The predicted octanol–water partition coefficient (Wildman–Crippen LogP) is 2.13. The summed E-state index contributed by atoms with van der Waals surface area (Å²) in [5.41, 5.74) is 1.63. The van der Waals surface area contributed by atoms with Crippen LogP contribution in [-0.4, -0.2) is 45.9 Å². The Morgan fingerprint density at radius 3 is 1.56 bits per heavy atom. The molecule has 5 aromatic carbocycles. The number of nitrogens with zero attached hydrogens (tertiary/aromatic N) is 1. The van der Waals surface area contributed by atoms with Crippen molar-refractivity contribution in [3.05, 3.63) is 174 Å². The summed E-state index contributed by atoms with van der Waals surface area (Å²) in [6.45, 7) is 0. The van der Waals surface area contributed by atoms with Crippen LogP contribution in [0.15, 0.2) is 163 Å². The summed E-state index contributed by atoms with van der Waals surface area (Å²) in [6, 6.07) is 47.9. The van der Waals surface area contributed by atoms with E-state index in [9.17, 15) is 19.2 Å². The predicted molar refractivity (Wildman–Crippen MR) is 194 cm³/mol. The minimum Gasteiger partial charge on any atom is -1.00 e. The second-order valence-corrected chi connectivity index (χ2v) is 16.2. The summed E-state index contributed by atoms with van der Waals surface area (Å²) < 4.78 is 6.34. The summed E-state index contributed by atoms with van der Waals surface area (Å²) in [5, 5.41) is 4.49. The molecule has 0 saturated carbocycles. The summed E-state index contributed by atoms with van der Waals surface area (Å²) in [6.07, 6.45) is -0.186. The number of hydrogen-bond acceptors (Lipinski definition) is 6. The molecule has 2 atom stereocenters. The maximum absolute atomic E-state index is 14.7. The lowest BCUT2D eigenvalue weighted by molar-refractivity contribution is -0.154. The van der Waals surface area contributed by atoms with Crippen LogP contribution in [0.4, 0.5) is 0 Å². The number of nitrogens with one attached hydrogen (secondary N) is 1. The molecule has 2 amide bonds. The van der Waals surface area contributed by atoms with E-state index in [1.165, 1.54) is 4.90 Å². The number of fused-ring (bicyclic) bond motifs is 1. The van der Waals surface area contributed by atoms with Crippen LogP contribution in [0, 0.1) is 0 Å². The third-order valence-corrected chi connectivity index (χ3v) is 14.4. The summed E-state index contributed by atoms with van der Waals surface area (Å²) in [5.74, 6) is -1.25. The highest BCUT2D eigenvalue weighted by Gasteiger charge is 2.58. The number of hydrogen-bond donors (Lipinski definition) is 1. The van der Waals surface area contributed by atoms with Gasteiger partial charge >= 0.3 is 5.97 Å². The normalized spacial score (nSPS) is 16.9. The van der Waals surface area contributed by atoms with Gasteiger partial charge < -0.3 is 27.0 Å². The van der Waals surface area contributed by atoms with Crippen molar-refractivity contribution < 1.29 is 40.9 Å². The van der Waals surface area contributed by atoms with Crippen molar-refractivity contribution in [3.8, 4) is 0 Å². The zero-order valence-electron chi connectivity index (χ0n) is 26.7. The Balaban J connectivity index is 0.00000432. The Bertz CT molecular complexity index is 1880. The lowest BCUT2D eigenvalue weighted by Crippen LogP contribution is -3.00. The molecule has 1 saturated heterocycles. The molecule has 1 N–H and O–H groups in total. The number of esters is 1. The van der Waals surface area contributed by atoms with Crippen molar-refractivity contribution in [1.82, 2.24) is 10.2 Å². The van der Waals surface area contributed by atoms with E-state index in [4.69, 9.17) is 4.74 Å². The first-order chi connectivity index (χ1) is 24.0. The third kappa shape index (κ3) is 6.44. The van der Waals surface area contributed by atoms with Crippen LogP contribution in [0.5, 0.6) is 0 Å². The van der Waals surface area contributed by atoms with Crippen molar-refractivity contribution in [2.45, 2.75) is 17.5 Å². The molecule has 7 rings (SSSR count). The van der Waals surface area contributed by atoms with Gasteiger partial charge in [-0.3, -0.25) is 19.3 Å². The Labute approximate surface area is 305 Å². The molecule has 0 bridgehead atoms. The highest BCUT2D eigenvalue weighted by molar-refractivity contribution is 8.15. The number of carbonyl (C=O) groups is 4. The van der Waals surface area contributed by atoms with Gasteiger partial charge in [0, 0.05) is 0 Å². The lowest BCUT2D eigenvalue weighted by Gasteiger charge is -2.48. The van der Waals surface area contributed by atoms with E-state index in [-0.39, 0.29) is 39.5 Å². The first-order valence-electron chi connectivity index (χ1n) is 15.9. The number of carbonyl (C=O) groups excluding carboxylic acids is 4. The Morgan fingerprint density at radius 1 is 0.720 bits per heavy atom. The zero-order valence-corrected chi connectivity index (χ0v) is 30.0. The van der Waals surface area contributed by atoms with Crippen LogP contribution in [-0.2, 0) is 23.9 Å². The van der Waals surface area contributed by atoms with E-state index in [0.29, 0.717) is 6.41 Å². The fourth-order valence-electron chi connectivity index (χ4n) is 6.59. The average Bonchev–Trinajstić information content (AvgIpc) is 3.17. The molecule has 7 nitrogen and oxygen atoms in total. The van der Waals surface area contributed by atoms with Gasteiger partial charge in [-0.2, -0.15) is 0 Å². The fourth-order valence-corrected chi connectivity index (χ4v) is 12.1. The van der Waals surface area contributed by atoms with Gasteiger partial charge in [0.1, 0.15) is 46.5 Å². The zero-order chi connectivity index (χ0) is 33.8. The molecular formula is C40H32BrN2O5PS. The molecule has 0 aliphatic carbocycles. The molecule has 0 aromatic heterocycles. The smallest absolute Gasteiger partial charge is 0.356 e. The van der Waals surface area contributed by atoms with Crippen LogP contribution < -0.4 is 38.2 Å². The fraction of sp³-hybridized carbons (Fsp3) is 0.100. The standard InChI is InChI=1S/C40H31N2O5PS.BrH/c43-27-41-34-37(44)42-35(39(45)47-36(28-16-6-1-7-17-28)29-18-8-2-9-19-29)33(40(46)49-38(34)42)26-48(30-20-10-3-11-21-30,31-22-12-4-13-23-31)32-24-14-5-15-25-32;/h1-25,27,34,36,38H,26H2;1H/t34-,38-;/m1./s1. The second kappa shape index (κ2) is 15.4. The van der Waals surface area contributed by atoms with Gasteiger partial charge in [0.15, 0.2) is 6.10 Å². The molecule has 2 aliphatic rings. The number of ether oxygens (including phenoxy) is 1. The van der Waals surface area contributed by atoms with E-state index >= 15 is 0 Å². The monoisotopic (exact) mass is 762 g/mol. The maximum Gasteiger partial charge on any atom is 0.356 e. The third-order valence-electron chi connectivity index (χ3n) is 8.90. The first-order valence-corrected chi connectivity index (χ1v) is 18.7. The van der Waals surface area contributed by atoms with Gasteiger partial charge in [0.2, 0.25) is 11.5 Å². The van der Waals surface area contributed by atoms with Crippen LogP contribution in [0.1, 0.15) is 17.2 Å². The molecular weight excluding hydrogens is 731 g/mol. The van der Waals surface area contributed by atoms with E-state index in [1.54, 1.807) is 0 Å². The number of amides is 2. The van der Waals surface area contributed by atoms with Crippen molar-refractivity contribution in [3.63, 3.8) is 0 Å². The molecule has 50 heavy (non-hydrogen) atoms. The molecule has 0 radical (unpaired) electrons. The molecule has 10 heteroatoms. The van der Waals surface area contributed by atoms with Crippen molar-refractivity contribution in [1.29, 1.82) is 0 Å². The summed E-state index contributed by atoms with van der Waals surface area (Å²) in [4.78, 5) is 55.6. The van der Waals surface area contributed by atoms with Gasteiger partial charge in [-0.1, -0.05) is 127 Å². The molecule has 5 aromatic rings. The number of thioether (sulfide) groups is 1. The van der Waals surface area contributed by atoms with E-state index in [1.807, 2.05) is 115 Å². The molecule has 250 valence electrons. The van der Waals surface area contributed by atoms with Crippen LogP contribution in [0.2, 0.25) is 0 Å². The second-order valence-electron chi connectivity index (χ2n) is 11.7. The minimum atomic E-state index is -2.67. The van der Waals surface area contributed by atoms with Gasteiger partial charge in [0.05, 0.1) is 5.57 Å². The Hall–Kier alpha value is -4.82. The number of halogens is 1. The molecule has 1 fully saturated rings. The van der Waals surface area contributed by atoms with Gasteiger partial charge in [-0.25, -0.2) is 4.79 Å². The van der Waals surface area contributed by atoms with Gasteiger partial charge in [-0.05, 0) is 47.5 Å². The highest BCUT2D eigenvalue weighted by Crippen LogP contribution is 2.58. The van der Waals surface area contributed by atoms with Gasteiger partial charge in [-0.15, -0.1) is 0 Å². The molecule has 0 unspecified atom stereocenters. The van der Waals surface area contributed by atoms with Crippen LogP contribution in [0.25, 0.3) is 0 Å². The van der Waals surface area contributed by atoms with Crippen molar-refractivity contribution in [2.75, 3.05) is 6.16 Å². The minimum absolute atomic E-state index is 0.